The Morgan fingerprint density at radius 3 is 2.57 bits per heavy atom. The van der Waals surface area contributed by atoms with Crippen LogP contribution >= 0.6 is 0 Å². The lowest BCUT2D eigenvalue weighted by Gasteiger charge is -2.15. The fraction of sp³-hybridized carbons (Fsp3) is 0.211. The summed E-state index contributed by atoms with van der Waals surface area (Å²) in [5.41, 5.74) is 2.18. The third kappa shape index (κ3) is 4.48. The van der Waals surface area contributed by atoms with E-state index in [0.717, 1.165) is 28.9 Å². The highest BCUT2D eigenvalue weighted by atomic mass is 19.4. The van der Waals surface area contributed by atoms with Gasteiger partial charge in [-0.05, 0) is 49.2 Å². The number of aryl methyl sites for hydroxylation is 2. The van der Waals surface area contributed by atoms with Crippen LogP contribution < -0.4 is 10.6 Å². The minimum atomic E-state index is -4.53. The summed E-state index contributed by atoms with van der Waals surface area (Å²) in [5, 5.41) is 9.45. The summed E-state index contributed by atoms with van der Waals surface area (Å²) in [5.74, 6) is -0.485. The first-order chi connectivity index (χ1) is 13.2. The van der Waals surface area contributed by atoms with Crippen LogP contribution in [0.3, 0.4) is 0 Å². The van der Waals surface area contributed by atoms with E-state index in [9.17, 15) is 18.0 Å². The first kappa shape index (κ1) is 19.4. The predicted octanol–water partition coefficient (Wildman–Crippen LogP) is 3.95. The third-order valence-electron chi connectivity index (χ3n) is 4.10. The van der Waals surface area contributed by atoms with Crippen LogP contribution in [0.15, 0.2) is 49.1 Å². The first-order valence-corrected chi connectivity index (χ1v) is 8.41. The molecule has 0 bridgehead atoms. The average Bonchev–Trinajstić information content (AvgIpc) is 3.16. The largest absolute Gasteiger partial charge is 0.416 e. The van der Waals surface area contributed by atoms with E-state index >= 15 is 0 Å². The van der Waals surface area contributed by atoms with Crippen LogP contribution in [0, 0.1) is 13.8 Å². The molecule has 146 valence electrons. The number of anilines is 2. The molecule has 28 heavy (non-hydrogen) atoms. The highest BCUT2D eigenvalue weighted by Gasteiger charge is 2.31. The van der Waals surface area contributed by atoms with Gasteiger partial charge in [-0.1, -0.05) is 12.1 Å². The summed E-state index contributed by atoms with van der Waals surface area (Å²) in [7, 11) is 0. The molecule has 9 heteroatoms. The van der Waals surface area contributed by atoms with Gasteiger partial charge in [-0.15, -0.1) is 0 Å². The van der Waals surface area contributed by atoms with Crippen molar-refractivity contribution in [2.45, 2.75) is 20.0 Å². The van der Waals surface area contributed by atoms with Crippen molar-refractivity contribution in [3.05, 3.63) is 65.7 Å². The highest BCUT2D eigenvalue weighted by Crippen LogP contribution is 2.33. The lowest BCUT2D eigenvalue weighted by atomic mass is 10.1. The second-order valence-corrected chi connectivity index (χ2v) is 6.29. The van der Waals surface area contributed by atoms with E-state index in [1.807, 2.05) is 32.0 Å². The van der Waals surface area contributed by atoms with Crippen LogP contribution in [0.1, 0.15) is 16.7 Å². The Morgan fingerprint density at radius 2 is 1.89 bits per heavy atom. The number of aromatic nitrogens is 3. The number of rotatable bonds is 5. The number of carbonyl (C=O) groups is 1. The van der Waals surface area contributed by atoms with Crippen LogP contribution in [0.5, 0.6) is 0 Å². The Hall–Kier alpha value is -3.36. The lowest BCUT2D eigenvalue weighted by Crippen LogP contribution is -2.23. The van der Waals surface area contributed by atoms with Gasteiger partial charge in [-0.2, -0.15) is 18.3 Å². The van der Waals surface area contributed by atoms with Crippen LogP contribution in [-0.2, 0) is 11.0 Å². The van der Waals surface area contributed by atoms with E-state index in [-0.39, 0.29) is 17.9 Å². The van der Waals surface area contributed by atoms with Crippen molar-refractivity contribution in [3.63, 3.8) is 0 Å². The Kier molecular flexibility index (Phi) is 5.34. The lowest BCUT2D eigenvalue weighted by molar-refractivity contribution is -0.137. The zero-order valence-corrected chi connectivity index (χ0v) is 15.2. The van der Waals surface area contributed by atoms with Gasteiger partial charge in [0.15, 0.2) is 0 Å². The molecule has 0 atom stereocenters. The van der Waals surface area contributed by atoms with Crippen molar-refractivity contribution < 1.29 is 18.0 Å². The Labute approximate surface area is 159 Å². The Bertz CT molecular complexity index is 984. The van der Waals surface area contributed by atoms with Gasteiger partial charge in [0.25, 0.3) is 0 Å². The maximum atomic E-state index is 13.1. The minimum Gasteiger partial charge on any atom is -0.376 e. The van der Waals surface area contributed by atoms with E-state index in [4.69, 9.17) is 0 Å². The number of amides is 1. The number of nitrogens with zero attached hydrogens (tertiary/aromatic N) is 3. The molecule has 0 spiro atoms. The molecule has 0 aliphatic heterocycles. The normalized spacial score (nSPS) is 11.3. The monoisotopic (exact) mass is 389 g/mol. The van der Waals surface area contributed by atoms with Crippen molar-refractivity contribution in [3.8, 4) is 5.69 Å². The van der Waals surface area contributed by atoms with Crippen molar-refractivity contribution in [1.29, 1.82) is 0 Å². The van der Waals surface area contributed by atoms with Crippen LogP contribution in [-0.4, -0.2) is 27.2 Å². The van der Waals surface area contributed by atoms with Crippen molar-refractivity contribution in [1.82, 2.24) is 14.8 Å². The molecule has 1 amide bonds. The quantitative estimate of drug-likeness (QED) is 0.693. The maximum Gasteiger partial charge on any atom is 0.416 e. The fourth-order valence-electron chi connectivity index (χ4n) is 2.64. The molecule has 0 unspecified atom stereocenters. The summed E-state index contributed by atoms with van der Waals surface area (Å²) in [6, 6.07) is 8.83. The Balaban J connectivity index is 1.81. The van der Waals surface area contributed by atoms with Crippen molar-refractivity contribution in [2.75, 3.05) is 17.2 Å². The highest BCUT2D eigenvalue weighted by molar-refractivity contribution is 5.95. The third-order valence-corrected chi connectivity index (χ3v) is 4.10. The SMILES string of the molecule is Cc1ccc(C)c(NCC(=O)Nc2cc(C(F)(F)F)ccc2-n2cncn2)c1. The number of carbonyl (C=O) groups excluding carboxylic acids is 1. The smallest absolute Gasteiger partial charge is 0.376 e. The van der Waals surface area contributed by atoms with E-state index in [1.54, 1.807) is 0 Å². The molecule has 0 aliphatic rings. The van der Waals surface area contributed by atoms with E-state index in [2.05, 4.69) is 20.7 Å². The van der Waals surface area contributed by atoms with E-state index in [0.29, 0.717) is 0 Å². The standard InChI is InChI=1S/C19H18F3N5O/c1-12-3-4-13(2)15(7-12)24-9-18(28)26-16-8-14(19(20,21)22)5-6-17(16)27-11-23-10-25-27/h3-8,10-11,24H,9H2,1-2H3,(H,26,28). The van der Waals surface area contributed by atoms with Gasteiger partial charge in [0, 0.05) is 5.69 Å². The number of hydrogen-bond donors (Lipinski definition) is 2. The van der Waals surface area contributed by atoms with E-state index < -0.39 is 17.6 Å². The minimum absolute atomic E-state index is 0.00640. The molecule has 3 rings (SSSR count). The molecule has 2 N–H and O–H groups in total. The number of nitrogens with one attached hydrogen (secondary N) is 2. The molecule has 0 aliphatic carbocycles. The maximum absolute atomic E-state index is 13.1. The second kappa shape index (κ2) is 7.71. The summed E-state index contributed by atoms with van der Waals surface area (Å²) in [6.07, 6.45) is -1.94. The van der Waals surface area contributed by atoms with Crippen molar-refractivity contribution >= 4 is 17.3 Å². The van der Waals surface area contributed by atoms with Gasteiger partial charge in [0.05, 0.1) is 23.5 Å². The summed E-state index contributed by atoms with van der Waals surface area (Å²) in [6.45, 7) is 3.73. The number of hydrogen-bond acceptors (Lipinski definition) is 4. The van der Waals surface area contributed by atoms with Crippen LogP contribution in [0.4, 0.5) is 24.5 Å². The van der Waals surface area contributed by atoms with Gasteiger partial charge >= 0.3 is 6.18 Å². The summed E-state index contributed by atoms with van der Waals surface area (Å²) >= 11 is 0. The molecule has 0 saturated heterocycles. The molecule has 1 aromatic heterocycles. The average molecular weight is 389 g/mol. The molecular formula is C19H18F3N5O. The fourth-order valence-corrected chi connectivity index (χ4v) is 2.64. The topological polar surface area (TPSA) is 71.8 Å². The number of benzene rings is 2. The van der Waals surface area contributed by atoms with Gasteiger partial charge in [0.1, 0.15) is 12.7 Å². The zero-order valence-electron chi connectivity index (χ0n) is 15.2. The molecule has 0 saturated carbocycles. The molecule has 3 aromatic rings. The predicted molar refractivity (Wildman–Crippen MR) is 99.4 cm³/mol. The van der Waals surface area contributed by atoms with Gasteiger partial charge < -0.3 is 10.6 Å². The molecule has 2 aromatic carbocycles. The number of alkyl halides is 3. The van der Waals surface area contributed by atoms with Gasteiger partial charge in [-0.3, -0.25) is 4.79 Å². The van der Waals surface area contributed by atoms with Crippen LogP contribution in [0.25, 0.3) is 5.69 Å². The first-order valence-electron chi connectivity index (χ1n) is 8.41. The van der Waals surface area contributed by atoms with Gasteiger partial charge in [0.2, 0.25) is 5.91 Å². The number of halogens is 3. The summed E-state index contributed by atoms with van der Waals surface area (Å²) < 4.78 is 40.5. The molecule has 0 fully saturated rings. The van der Waals surface area contributed by atoms with Crippen LogP contribution in [0.2, 0.25) is 0 Å². The van der Waals surface area contributed by atoms with Crippen molar-refractivity contribution in [2.24, 2.45) is 0 Å². The zero-order chi connectivity index (χ0) is 20.3. The summed E-state index contributed by atoms with van der Waals surface area (Å²) in [4.78, 5) is 16.2. The Morgan fingerprint density at radius 1 is 1.11 bits per heavy atom. The molecule has 0 radical (unpaired) electrons. The molecule has 1 heterocycles. The molecule has 6 nitrogen and oxygen atoms in total. The van der Waals surface area contributed by atoms with Gasteiger partial charge in [-0.25, -0.2) is 9.67 Å². The van der Waals surface area contributed by atoms with E-state index in [1.165, 1.54) is 23.4 Å². The molecular weight excluding hydrogens is 371 g/mol. The second-order valence-electron chi connectivity index (χ2n) is 6.29.